The zero-order chi connectivity index (χ0) is 49.4. The minimum absolute atomic E-state index is 0.00149. The van der Waals surface area contributed by atoms with Crippen molar-refractivity contribution in [2.45, 2.75) is 101 Å². The first kappa shape index (κ1) is 54.3. The van der Waals surface area contributed by atoms with Gasteiger partial charge < -0.3 is 24.8 Å². The number of aliphatic imine (C=N–C) groups is 2. The number of aliphatic hydroxyl groups is 1. The molecule has 3 N–H and O–H groups in total. The molecule has 0 aliphatic carbocycles. The van der Waals surface area contributed by atoms with Crippen molar-refractivity contribution in [2.24, 2.45) is 15.4 Å². The standard InChI is InChI=1S/C13H15F2NO.C12H13F2NO.C9H8F2O2.C8H6F2O2.C5H12O/c1-7-5-9(14)8(2)11(15)10(7)12-16-13(3,4)6-17-12;1-7-9(13)5-4-8(10(7)14)11-15-12(2,3)6-16-11;1-4-3-6(10)5(2)8(11)7(4)9(12)13;1-4-6(9)3-2-5(7(4)10)8(11)12;1-5(2,3)4-6/h5H,6H2,1-4H3;4-5H,6H2,1-3H3;3H,1-2H3,(H,12,13);2-3H,1H3,(H,11,12);6H,4H2,1-3H3. The molecule has 2 aliphatic heterocycles. The molecule has 0 amide bonds. The Labute approximate surface area is 367 Å². The number of halogens is 8. The number of carboxylic acid groups (broad SMARTS) is 2. The van der Waals surface area contributed by atoms with Crippen LogP contribution in [0.1, 0.15) is 114 Å². The van der Waals surface area contributed by atoms with E-state index in [0.29, 0.717) is 18.8 Å². The van der Waals surface area contributed by atoms with Gasteiger partial charge in [0.2, 0.25) is 11.8 Å². The zero-order valence-electron chi connectivity index (χ0n) is 38.0. The molecule has 0 fully saturated rings. The fraction of sp³-hybridized carbons (Fsp3) is 0.404. The average molecular weight is 911 g/mol. The van der Waals surface area contributed by atoms with Gasteiger partial charge in [-0.05, 0) is 122 Å². The molecule has 0 saturated carbocycles. The second-order valence-corrected chi connectivity index (χ2v) is 17.4. The molecular weight excluding hydrogens is 857 g/mol. The average Bonchev–Trinajstić information content (AvgIpc) is 3.74. The van der Waals surface area contributed by atoms with Crippen molar-refractivity contribution in [1.82, 2.24) is 0 Å². The Morgan fingerprint density at radius 1 is 0.594 bits per heavy atom. The van der Waals surface area contributed by atoms with Crippen LogP contribution in [0.25, 0.3) is 0 Å². The highest BCUT2D eigenvalue weighted by molar-refractivity contribution is 5.97. The summed E-state index contributed by atoms with van der Waals surface area (Å²) in [7, 11) is 0. The highest BCUT2D eigenvalue weighted by Gasteiger charge is 2.31. The van der Waals surface area contributed by atoms with Crippen LogP contribution in [0.5, 0.6) is 0 Å². The summed E-state index contributed by atoms with van der Waals surface area (Å²) in [4.78, 5) is 29.4. The molecule has 2 aliphatic rings. The Morgan fingerprint density at radius 2 is 1.00 bits per heavy atom. The van der Waals surface area contributed by atoms with Gasteiger partial charge in [-0.25, -0.2) is 54.7 Å². The molecule has 9 nitrogen and oxygen atoms in total. The van der Waals surface area contributed by atoms with Crippen molar-refractivity contribution < 1.29 is 69.5 Å². The fourth-order valence-corrected chi connectivity index (χ4v) is 5.29. The molecule has 0 spiro atoms. The van der Waals surface area contributed by atoms with Crippen molar-refractivity contribution in [3.63, 3.8) is 0 Å². The van der Waals surface area contributed by atoms with Gasteiger partial charge in [-0.1, -0.05) is 20.8 Å². The first-order valence-corrected chi connectivity index (χ1v) is 19.6. The number of aliphatic hydroxyl groups excluding tert-OH is 1. The number of carboxylic acids is 2. The number of rotatable bonds is 4. The van der Waals surface area contributed by atoms with E-state index in [-0.39, 0.29) is 73.8 Å². The van der Waals surface area contributed by atoms with E-state index in [2.05, 4.69) is 9.98 Å². The number of ether oxygens (including phenoxy) is 2. The van der Waals surface area contributed by atoms with Crippen LogP contribution >= 0.6 is 0 Å². The lowest BCUT2D eigenvalue weighted by atomic mass is 9.99. The van der Waals surface area contributed by atoms with Gasteiger partial charge in [-0.3, -0.25) is 0 Å². The molecule has 4 aromatic carbocycles. The molecular formula is C47H54F8N2O7. The lowest BCUT2D eigenvalue weighted by Gasteiger charge is -2.11. The summed E-state index contributed by atoms with van der Waals surface area (Å²) in [5, 5.41) is 25.4. The van der Waals surface area contributed by atoms with E-state index in [4.69, 9.17) is 24.8 Å². The monoisotopic (exact) mass is 910 g/mol. The largest absolute Gasteiger partial charge is 0.478 e. The number of nitrogens with zero attached hydrogens (tertiary/aromatic N) is 2. The third kappa shape index (κ3) is 14.3. The first-order valence-electron chi connectivity index (χ1n) is 19.6. The molecule has 2 heterocycles. The molecule has 0 saturated heterocycles. The minimum Gasteiger partial charge on any atom is -0.478 e. The van der Waals surface area contributed by atoms with E-state index in [1.807, 2.05) is 48.5 Å². The Balaban J connectivity index is 0.000000284. The summed E-state index contributed by atoms with van der Waals surface area (Å²) in [6.07, 6.45) is 0. The Kier molecular flexibility index (Phi) is 18.4. The van der Waals surface area contributed by atoms with Crippen molar-refractivity contribution >= 4 is 23.7 Å². The Morgan fingerprint density at radius 3 is 1.42 bits per heavy atom. The van der Waals surface area contributed by atoms with Gasteiger partial charge in [-0.15, -0.1) is 0 Å². The van der Waals surface area contributed by atoms with Crippen LogP contribution in [0.2, 0.25) is 0 Å². The molecule has 0 radical (unpaired) electrons. The van der Waals surface area contributed by atoms with E-state index in [1.165, 1.54) is 52.8 Å². The third-order valence-corrected chi connectivity index (χ3v) is 9.23. The smallest absolute Gasteiger partial charge is 0.338 e. The lowest BCUT2D eigenvalue weighted by Crippen LogP contribution is -2.17. The van der Waals surface area contributed by atoms with Crippen LogP contribution in [-0.4, -0.2) is 70.0 Å². The van der Waals surface area contributed by atoms with E-state index in [1.54, 1.807) is 6.92 Å². The van der Waals surface area contributed by atoms with Gasteiger partial charge in [0.25, 0.3) is 0 Å². The molecule has 6 rings (SSSR count). The van der Waals surface area contributed by atoms with E-state index in [9.17, 15) is 44.7 Å². The molecule has 0 bridgehead atoms. The summed E-state index contributed by atoms with van der Waals surface area (Å²) in [5.41, 5.74) is -1.00. The van der Waals surface area contributed by atoms with Crippen molar-refractivity contribution in [3.05, 3.63) is 139 Å². The van der Waals surface area contributed by atoms with Gasteiger partial charge in [0, 0.05) is 28.9 Å². The van der Waals surface area contributed by atoms with Gasteiger partial charge in [0.05, 0.1) is 33.3 Å². The number of aromatic carboxylic acids is 2. The quantitative estimate of drug-likeness (QED) is 0.173. The van der Waals surface area contributed by atoms with Gasteiger partial charge >= 0.3 is 11.9 Å². The normalized spacial score (nSPS) is 14.3. The van der Waals surface area contributed by atoms with Crippen molar-refractivity contribution in [2.75, 3.05) is 19.8 Å². The Bertz CT molecular complexity index is 2440. The Hall–Kier alpha value is -5.84. The van der Waals surface area contributed by atoms with E-state index >= 15 is 0 Å². The van der Waals surface area contributed by atoms with Crippen LogP contribution in [0.15, 0.2) is 46.4 Å². The maximum Gasteiger partial charge on any atom is 0.338 e. The maximum atomic E-state index is 14.0. The second-order valence-electron chi connectivity index (χ2n) is 17.4. The zero-order valence-corrected chi connectivity index (χ0v) is 38.0. The van der Waals surface area contributed by atoms with Gasteiger partial charge in [-0.2, -0.15) is 0 Å². The maximum absolute atomic E-state index is 14.0. The van der Waals surface area contributed by atoms with E-state index in [0.717, 1.165) is 18.2 Å². The molecule has 4 aromatic rings. The molecule has 0 unspecified atom stereocenters. The fourth-order valence-electron chi connectivity index (χ4n) is 5.29. The number of benzene rings is 4. The summed E-state index contributed by atoms with van der Waals surface area (Å²) in [6.45, 7) is 22.9. The number of hydrogen-bond donors (Lipinski definition) is 3. The SMILES string of the molecule is CC(C)(C)CO.Cc1c(F)ccc(C(=O)O)c1F.Cc1c(F)ccc(C2=NC(C)(C)CO2)c1F.Cc1cc(F)c(C)c(F)c1C(=O)O.Cc1cc(F)c(C)c(F)c1C1=NC(C)(C)CO1. The predicted molar refractivity (Wildman–Crippen MR) is 227 cm³/mol. The van der Waals surface area contributed by atoms with Crippen LogP contribution in [-0.2, 0) is 9.47 Å². The predicted octanol–water partition coefficient (Wildman–Crippen LogP) is 11.2. The summed E-state index contributed by atoms with van der Waals surface area (Å²) < 4.78 is 116. The summed E-state index contributed by atoms with van der Waals surface area (Å²) in [6, 6.07) is 6.75. The second kappa shape index (κ2) is 21.7. The lowest BCUT2D eigenvalue weighted by molar-refractivity contribution is 0.0679. The van der Waals surface area contributed by atoms with E-state index < -0.39 is 69.6 Å². The molecule has 0 atom stereocenters. The molecule has 0 aromatic heterocycles. The summed E-state index contributed by atoms with van der Waals surface area (Å²) in [5.74, 6) is -7.99. The number of carbonyl (C=O) groups is 2. The molecule has 17 heteroatoms. The molecule has 350 valence electrons. The highest BCUT2D eigenvalue weighted by Crippen LogP contribution is 2.28. The van der Waals surface area contributed by atoms with Gasteiger partial charge in [0.1, 0.15) is 59.8 Å². The first-order chi connectivity index (χ1) is 29.3. The van der Waals surface area contributed by atoms with Crippen molar-refractivity contribution in [1.29, 1.82) is 0 Å². The van der Waals surface area contributed by atoms with Crippen LogP contribution < -0.4 is 0 Å². The highest BCUT2D eigenvalue weighted by atomic mass is 19.2. The third-order valence-electron chi connectivity index (χ3n) is 9.23. The van der Waals surface area contributed by atoms with Crippen LogP contribution in [0.4, 0.5) is 35.1 Å². The van der Waals surface area contributed by atoms with Gasteiger partial charge in [0.15, 0.2) is 0 Å². The minimum atomic E-state index is -1.39. The van der Waals surface area contributed by atoms with Crippen LogP contribution in [0.3, 0.4) is 0 Å². The number of hydrogen-bond acceptors (Lipinski definition) is 7. The molecule has 64 heavy (non-hydrogen) atoms. The topological polar surface area (TPSA) is 138 Å². The van der Waals surface area contributed by atoms with Crippen molar-refractivity contribution in [3.8, 4) is 0 Å². The number of aryl methyl sites for hydroxylation is 2. The van der Waals surface area contributed by atoms with Crippen LogP contribution in [0, 0.1) is 93.5 Å². The summed E-state index contributed by atoms with van der Waals surface area (Å²) >= 11 is 0.